The summed E-state index contributed by atoms with van der Waals surface area (Å²) in [5.74, 6) is -0.281. The first-order valence-corrected chi connectivity index (χ1v) is 8.25. The second-order valence-electron chi connectivity index (χ2n) is 5.40. The van der Waals surface area contributed by atoms with Gasteiger partial charge in [-0.1, -0.05) is 23.9 Å². The van der Waals surface area contributed by atoms with Gasteiger partial charge in [0.15, 0.2) is 10.8 Å². The van der Waals surface area contributed by atoms with Crippen LogP contribution in [0.3, 0.4) is 0 Å². The number of halogens is 1. The second-order valence-corrected chi connectivity index (χ2v) is 6.39. The minimum absolute atomic E-state index is 0.0687. The molecule has 1 unspecified atom stereocenters. The average Bonchev–Trinajstić information content (AvgIpc) is 3.17. The molecule has 1 aliphatic heterocycles. The minimum atomic E-state index is -0.494. The number of hydrogen-bond acceptors (Lipinski definition) is 5. The molecule has 2 N–H and O–H groups in total. The molecule has 0 bridgehead atoms. The number of carbonyl (C=O) groups excluding carboxylic acids is 1. The lowest BCUT2D eigenvalue weighted by molar-refractivity contribution is -0.116. The number of aromatic amines is 1. The van der Waals surface area contributed by atoms with Crippen molar-refractivity contribution in [1.29, 1.82) is 0 Å². The number of thioether (sulfide) groups is 1. The zero-order chi connectivity index (χ0) is 16.7. The number of fused-ring (bicyclic) bond motifs is 2. The standard InChI is InChI=1S/C15H12FN5O2S/c16-10-3-1-2-4-11(10)18-12(22)5-8-7-24-15-19-13-9(6-17-20-13)14(23)21(8)15/h1-4,6,8H,5,7H2,(H,17,20)(H,18,22). The highest BCUT2D eigenvalue weighted by atomic mass is 32.2. The first-order chi connectivity index (χ1) is 11.6. The quantitative estimate of drug-likeness (QED) is 0.708. The van der Waals surface area contributed by atoms with Crippen molar-refractivity contribution < 1.29 is 9.18 Å². The molecule has 0 saturated heterocycles. The Morgan fingerprint density at radius 1 is 1.46 bits per heavy atom. The summed E-state index contributed by atoms with van der Waals surface area (Å²) in [6, 6.07) is 5.64. The van der Waals surface area contributed by atoms with E-state index in [9.17, 15) is 14.0 Å². The van der Waals surface area contributed by atoms with Gasteiger partial charge in [0.25, 0.3) is 5.56 Å². The molecule has 9 heteroatoms. The maximum absolute atomic E-state index is 13.6. The molecule has 1 amide bonds. The average molecular weight is 345 g/mol. The van der Waals surface area contributed by atoms with E-state index in [4.69, 9.17) is 0 Å². The van der Waals surface area contributed by atoms with Crippen LogP contribution >= 0.6 is 11.8 Å². The van der Waals surface area contributed by atoms with E-state index in [0.29, 0.717) is 21.9 Å². The molecule has 0 saturated carbocycles. The Hall–Kier alpha value is -2.68. The molecule has 0 spiro atoms. The summed E-state index contributed by atoms with van der Waals surface area (Å²) in [4.78, 5) is 29.1. The van der Waals surface area contributed by atoms with Crippen LogP contribution in [0.5, 0.6) is 0 Å². The zero-order valence-electron chi connectivity index (χ0n) is 12.3. The van der Waals surface area contributed by atoms with Crippen LogP contribution in [0.4, 0.5) is 10.1 Å². The molecular weight excluding hydrogens is 333 g/mol. The fourth-order valence-corrected chi connectivity index (χ4v) is 3.82. The topological polar surface area (TPSA) is 92.7 Å². The van der Waals surface area contributed by atoms with Crippen LogP contribution in [0.15, 0.2) is 40.4 Å². The van der Waals surface area contributed by atoms with E-state index in [1.807, 2.05) is 0 Å². The van der Waals surface area contributed by atoms with Crippen molar-refractivity contribution in [2.24, 2.45) is 0 Å². The first-order valence-electron chi connectivity index (χ1n) is 7.26. The van der Waals surface area contributed by atoms with Gasteiger partial charge in [-0.05, 0) is 12.1 Å². The molecule has 0 fully saturated rings. The third kappa shape index (κ3) is 2.46. The highest BCUT2D eigenvalue weighted by Gasteiger charge is 2.29. The molecule has 0 aliphatic carbocycles. The van der Waals surface area contributed by atoms with Crippen molar-refractivity contribution in [3.63, 3.8) is 0 Å². The van der Waals surface area contributed by atoms with Gasteiger partial charge in [0, 0.05) is 12.2 Å². The van der Waals surface area contributed by atoms with Crippen molar-refractivity contribution in [2.75, 3.05) is 11.1 Å². The molecular formula is C15H12FN5O2S. The van der Waals surface area contributed by atoms with Gasteiger partial charge in [0.05, 0.1) is 17.9 Å². The van der Waals surface area contributed by atoms with E-state index in [1.54, 1.807) is 12.1 Å². The van der Waals surface area contributed by atoms with Crippen molar-refractivity contribution in [1.82, 2.24) is 19.7 Å². The van der Waals surface area contributed by atoms with E-state index in [1.165, 1.54) is 34.7 Å². The van der Waals surface area contributed by atoms with Gasteiger partial charge in [-0.25, -0.2) is 9.37 Å². The maximum Gasteiger partial charge on any atom is 0.265 e. The van der Waals surface area contributed by atoms with Crippen LogP contribution < -0.4 is 10.9 Å². The number of benzene rings is 1. The predicted octanol–water partition coefficient (Wildman–Crippen LogP) is 1.93. The van der Waals surface area contributed by atoms with Crippen molar-refractivity contribution in [2.45, 2.75) is 17.6 Å². The Labute approximate surface area is 139 Å². The molecule has 4 rings (SSSR count). The number of nitrogens with zero attached hydrogens (tertiary/aromatic N) is 3. The Morgan fingerprint density at radius 2 is 2.29 bits per heavy atom. The first kappa shape index (κ1) is 14.9. The van der Waals surface area contributed by atoms with E-state index in [0.717, 1.165) is 0 Å². The SMILES string of the molecule is O=C(CC1CSc2nc3[nH]ncc3c(=O)n21)Nc1ccccc1F. The van der Waals surface area contributed by atoms with E-state index < -0.39 is 5.82 Å². The molecule has 122 valence electrons. The summed E-state index contributed by atoms with van der Waals surface area (Å²) >= 11 is 1.41. The molecule has 1 aromatic carbocycles. The number of nitrogens with one attached hydrogen (secondary N) is 2. The fourth-order valence-electron chi connectivity index (χ4n) is 2.68. The number of anilines is 1. The van der Waals surface area contributed by atoms with Crippen LogP contribution in [0.25, 0.3) is 11.0 Å². The molecule has 2 aromatic heterocycles. The molecule has 1 atom stereocenters. The van der Waals surface area contributed by atoms with Crippen molar-refractivity contribution in [3.05, 3.63) is 46.6 Å². The molecule has 24 heavy (non-hydrogen) atoms. The van der Waals surface area contributed by atoms with Crippen LogP contribution in [0, 0.1) is 5.82 Å². The normalized spacial score (nSPS) is 16.3. The van der Waals surface area contributed by atoms with Crippen molar-refractivity contribution >= 4 is 34.4 Å². The number of H-pyrrole nitrogens is 1. The highest BCUT2D eigenvalue weighted by Crippen LogP contribution is 2.33. The minimum Gasteiger partial charge on any atom is -0.324 e. The summed E-state index contributed by atoms with van der Waals surface area (Å²) in [7, 11) is 0. The Balaban J connectivity index is 1.59. The number of aromatic nitrogens is 4. The Bertz CT molecular complexity index is 999. The molecule has 3 heterocycles. The summed E-state index contributed by atoms with van der Waals surface area (Å²) in [5.41, 5.74) is 0.344. The lowest BCUT2D eigenvalue weighted by Crippen LogP contribution is -2.27. The van der Waals surface area contributed by atoms with Gasteiger partial charge >= 0.3 is 0 Å². The van der Waals surface area contributed by atoms with Gasteiger partial charge in [0.2, 0.25) is 5.91 Å². The number of carbonyl (C=O) groups is 1. The molecule has 3 aromatic rings. The highest BCUT2D eigenvalue weighted by molar-refractivity contribution is 7.99. The van der Waals surface area contributed by atoms with Crippen molar-refractivity contribution in [3.8, 4) is 0 Å². The summed E-state index contributed by atoms with van der Waals surface area (Å²) in [6.07, 6.45) is 1.50. The Morgan fingerprint density at radius 3 is 3.12 bits per heavy atom. The second kappa shape index (κ2) is 5.75. The third-order valence-corrected chi connectivity index (χ3v) is 4.92. The summed E-state index contributed by atoms with van der Waals surface area (Å²) in [6.45, 7) is 0. The monoisotopic (exact) mass is 345 g/mol. The third-order valence-electron chi connectivity index (χ3n) is 3.82. The van der Waals surface area contributed by atoms with Gasteiger partial charge in [0.1, 0.15) is 11.2 Å². The van der Waals surface area contributed by atoms with Crippen LogP contribution in [0.1, 0.15) is 12.5 Å². The largest absolute Gasteiger partial charge is 0.324 e. The molecule has 1 aliphatic rings. The number of para-hydroxylation sites is 1. The summed E-state index contributed by atoms with van der Waals surface area (Å²) < 4.78 is 15.1. The summed E-state index contributed by atoms with van der Waals surface area (Å²) in [5, 5.41) is 9.99. The van der Waals surface area contributed by atoms with E-state index >= 15 is 0 Å². The number of rotatable bonds is 3. The predicted molar refractivity (Wildman–Crippen MR) is 87.6 cm³/mol. The van der Waals surface area contributed by atoms with Gasteiger partial charge in [-0.2, -0.15) is 5.10 Å². The van der Waals surface area contributed by atoms with E-state index in [-0.39, 0.29) is 29.6 Å². The smallest absolute Gasteiger partial charge is 0.265 e. The lowest BCUT2D eigenvalue weighted by atomic mass is 10.2. The molecule has 0 radical (unpaired) electrons. The fraction of sp³-hybridized carbons (Fsp3) is 0.200. The van der Waals surface area contributed by atoms with Crippen LogP contribution in [0.2, 0.25) is 0 Å². The molecule has 7 nitrogen and oxygen atoms in total. The number of amides is 1. The van der Waals surface area contributed by atoms with Gasteiger partial charge in [-0.3, -0.25) is 19.3 Å². The van der Waals surface area contributed by atoms with Crippen LogP contribution in [-0.4, -0.2) is 31.4 Å². The maximum atomic E-state index is 13.6. The Kier molecular flexibility index (Phi) is 3.57. The van der Waals surface area contributed by atoms with E-state index in [2.05, 4.69) is 20.5 Å². The lowest BCUT2D eigenvalue weighted by Gasteiger charge is -2.13. The van der Waals surface area contributed by atoms with Crippen LogP contribution in [-0.2, 0) is 4.79 Å². The van der Waals surface area contributed by atoms with Gasteiger partial charge in [-0.15, -0.1) is 0 Å². The zero-order valence-corrected chi connectivity index (χ0v) is 13.1. The van der Waals surface area contributed by atoms with Gasteiger partial charge < -0.3 is 5.32 Å². The number of hydrogen-bond donors (Lipinski definition) is 2.